The Morgan fingerprint density at radius 3 is 2.71 bits per heavy atom. The van der Waals surface area contributed by atoms with Crippen LogP contribution in [-0.2, 0) is 0 Å². The fourth-order valence-electron chi connectivity index (χ4n) is 2.03. The predicted molar refractivity (Wildman–Crippen MR) is 81.6 cm³/mol. The Labute approximate surface area is 124 Å². The molecule has 1 aromatic rings. The molecule has 6 heteroatoms. The molecule has 0 aromatic heterocycles. The largest absolute Gasteiger partial charge is 0.384 e. The Balaban J connectivity index is 2.17. The fraction of sp³-hybridized carbons (Fsp3) is 0.533. The number of carbonyl (C=O) groups excluding carboxylic acids is 1. The number of nitrogens with one attached hydrogen (secondary N) is 2. The van der Waals surface area contributed by atoms with E-state index in [9.17, 15) is 14.9 Å². The molecule has 114 valence electrons. The van der Waals surface area contributed by atoms with E-state index in [2.05, 4.69) is 17.6 Å². The number of hydrogen-bond acceptors (Lipinski definition) is 4. The first-order valence-corrected chi connectivity index (χ1v) is 7.26. The van der Waals surface area contributed by atoms with Gasteiger partial charge in [0.2, 0.25) is 0 Å². The molecule has 0 atom stereocenters. The van der Waals surface area contributed by atoms with Crippen molar-refractivity contribution in [1.29, 1.82) is 0 Å². The number of nitrogens with zero attached hydrogens (tertiary/aromatic N) is 1. The molecule has 1 amide bonds. The molecule has 2 rings (SSSR count). The summed E-state index contributed by atoms with van der Waals surface area (Å²) in [6.07, 6.45) is 3.14. The minimum Gasteiger partial charge on any atom is -0.384 e. The molecule has 1 aromatic carbocycles. The average Bonchev–Trinajstić information content (AvgIpc) is 3.20. The average molecular weight is 291 g/mol. The maximum atomic E-state index is 12.3. The van der Waals surface area contributed by atoms with Gasteiger partial charge in [-0.1, -0.05) is 13.8 Å². The van der Waals surface area contributed by atoms with E-state index in [0.29, 0.717) is 17.8 Å². The van der Waals surface area contributed by atoms with Crippen LogP contribution in [0.1, 0.15) is 43.5 Å². The normalized spacial score (nSPS) is 15.3. The highest BCUT2D eigenvalue weighted by molar-refractivity contribution is 6.00. The number of non-ortho nitro benzene ring substituents is 1. The number of nitro benzene ring substituents is 1. The van der Waals surface area contributed by atoms with Gasteiger partial charge in [-0.15, -0.1) is 0 Å². The van der Waals surface area contributed by atoms with E-state index < -0.39 is 4.92 Å². The van der Waals surface area contributed by atoms with Crippen molar-refractivity contribution in [3.05, 3.63) is 33.9 Å². The molecule has 0 aliphatic heterocycles. The Kier molecular flexibility index (Phi) is 4.45. The lowest BCUT2D eigenvalue weighted by molar-refractivity contribution is -0.384. The first kappa shape index (κ1) is 15.3. The van der Waals surface area contributed by atoms with Crippen molar-refractivity contribution in [1.82, 2.24) is 5.32 Å². The van der Waals surface area contributed by atoms with Gasteiger partial charge in [0.25, 0.3) is 11.6 Å². The highest BCUT2D eigenvalue weighted by Gasteiger charge is 2.37. The molecule has 0 saturated heterocycles. The summed E-state index contributed by atoms with van der Waals surface area (Å²) in [5.74, 6) is -0.259. The van der Waals surface area contributed by atoms with E-state index in [1.807, 2.05) is 6.92 Å². The van der Waals surface area contributed by atoms with Gasteiger partial charge in [-0.25, -0.2) is 0 Å². The molecule has 21 heavy (non-hydrogen) atoms. The molecule has 0 bridgehead atoms. The molecule has 0 radical (unpaired) electrons. The van der Waals surface area contributed by atoms with E-state index in [1.54, 1.807) is 6.07 Å². The second kappa shape index (κ2) is 6.11. The maximum absolute atomic E-state index is 12.3. The van der Waals surface area contributed by atoms with Crippen LogP contribution in [0.25, 0.3) is 0 Å². The molecule has 2 N–H and O–H groups in total. The summed E-state index contributed by atoms with van der Waals surface area (Å²) in [5, 5.41) is 16.9. The molecule has 6 nitrogen and oxygen atoms in total. The van der Waals surface area contributed by atoms with E-state index in [0.717, 1.165) is 25.8 Å². The summed E-state index contributed by atoms with van der Waals surface area (Å²) in [5.41, 5.74) is 1.11. The van der Waals surface area contributed by atoms with Crippen molar-refractivity contribution in [2.75, 3.05) is 18.4 Å². The topological polar surface area (TPSA) is 84.3 Å². The minimum absolute atomic E-state index is 0.0696. The van der Waals surface area contributed by atoms with Crippen molar-refractivity contribution in [2.45, 2.75) is 33.1 Å². The zero-order valence-corrected chi connectivity index (χ0v) is 12.4. The summed E-state index contributed by atoms with van der Waals surface area (Å²) in [6.45, 7) is 5.47. The van der Waals surface area contributed by atoms with E-state index >= 15 is 0 Å². The van der Waals surface area contributed by atoms with Crippen LogP contribution >= 0.6 is 0 Å². The maximum Gasteiger partial charge on any atom is 0.270 e. The van der Waals surface area contributed by atoms with Gasteiger partial charge >= 0.3 is 0 Å². The molecule has 1 aliphatic rings. The molecule has 0 spiro atoms. The Morgan fingerprint density at radius 1 is 1.43 bits per heavy atom. The number of hydrogen-bond donors (Lipinski definition) is 2. The number of carbonyl (C=O) groups is 1. The summed E-state index contributed by atoms with van der Waals surface area (Å²) >= 11 is 0. The molecule has 1 aliphatic carbocycles. The van der Waals surface area contributed by atoms with Gasteiger partial charge < -0.3 is 10.6 Å². The number of nitro groups is 1. The molecule has 0 heterocycles. The second-order valence-corrected chi connectivity index (χ2v) is 5.91. The Bertz CT molecular complexity index is 553. The van der Waals surface area contributed by atoms with Crippen molar-refractivity contribution in [3.8, 4) is 0 Å². The zero-order chi connectivity index (χ0) is 15.5. The standard InChI is InChI=1S/C15H21N3O3/c1-3-8-16-13-5-4-11(18(20)21)9-12(13)14(19)17-10-15(2)6-7-15/h4-5,9,16H,3,6-8,10H2,1-2H3,(H,17,19). The lowest BCUT2D eigenvalue weighted by Gasteiger charge is -2.14. The van der Waals surface area contributed by atoms with Crippen LogP contribution < -0.4 is 10.6 Å². The van der Waals surface area contributed by atoms with Gasteiger partial charge in [0.1, 0.15) is 0 Å². The third-order valence-corrected chi connectivity index (χ3v) is 3.80. The first-order valence-electron chi connectivity index (χ1n) is 7.26. The van der Waals surface area contributed by atoms with E-state index in [-0.39, 0.29) is 17.0 Å². The van der Waals surface area contributed by atoms with Crippen molar-refractivity contribution in [2.24, 2.45) is 5.41 Å². The van der Waals surface area contributed by atoms with Crippen LogP contribution in [0.15, 0.2) is 18.2 Å². The lowest BCUT2D eigenvalue weighted by atomic mass is 10.1. The Hall–Kier alpha value is -2.11. The highest BCUT2D eigenvalue weighted by Crippen LogP contribution is 2.44. The van der Waals surface area contributed by atoms with Gasteiger partial charge in [-0.3, -0.25) is 14.9 Å². The van der Waals surface area contributed by atoms with Gasteiger partial charge in [-0.05, 0) is 30.7 Å². The smallest absolute Gasteiger partial charge is 0.270 e. The number of benzene rings is 1. The summed E-state index contributed by atoms with van der Waals surface area (Å²) in [7, 11) is 0. The van der Waals surface area contributed by atoms with Crippen LogP contribution in [0.3, 0.4) is 0 Å². The zero-order valence-electron chi connectivity index (χ0n) is 12.4. The van der Waals surface area contributed by atoms with Gasteiger partial charge in [0.15, 0.2) is 0 Å². The SMILES string of the molecule is CCCNc1ccc([N+](=O)[O-])cc1C(=O)NCC1(C)CC1. The number of anilines is 1. The summed E-state index contributed by atoms with van der Waals surface area (Å²) in [4.78, 5) is 22.7. The summed E-state index contributed by atoms with van der Waals surface area (Å²) in [6, 6.07) is 4.35. The van der Waals surface area contributed by atoms with Gasteiger partial charge in [-0.2, -0.15) is 0 Å². The monoisotopic (exact) mass is 291 g/mol. The lowest BCUT2D eigenvalue weighted by Crippen LogP contribution is -2.29. The molecule has 1 saturated carbocycles. The van der Waals surface area contributed by atoms with Crippen LogP contribution in [0.5, 0.6) is 0 Å². The molecular formula is C15H21N3O3. The first-order chi connectivity index (χ1) is 9.95. The quantitative estimate of drug-likeness (QED) is 0.597. The van der Waals surface area contributed by atoms with Crippen LogP contribution in [0.2, 0.25) is 0 Å². The molecular weight excluding hydrogens is 270 g/mol. The van der Waals surface area contributed by atoms with E-state index in [4.69, 9.17) is 0 Å². The van der Waals surface area contributed by atoms with E-state index in [1.165, 1.54) is 12.1 Å². The van der Waals surface area contributed by atoms with Crippen LogP contribution in [-0.4, -0.2) is 23.9 Å². The molecule has 0 unspecified atom stereocenters. The molecule has 1 fully saturated rings. The predicted octanol–water partition coefficient (Wildman–Crippen LogP) is 2.95. The fourth-order valence-corrected chi connectivity index (χ4v) is 2.03. The highest BCUT2D eigenvalue weighted by atomic mass is 16.6. The number of rotatable bonds is 7. The second-order valence-electron chi connectivity index (χ2n) is 5.91. The van der Waals surface area contributed by atoms with Crippen molar-refractivity contribution < 1.29 is 9.72 Å². The van der Waals surface area contributed by atoms with Crippen LogP contribution in [0.4, 0.5) is 11.4 Å². The van der Waals surface area contributed by atoms with Gasteiger partial charge in [0.05, 0.1) is 10.5 Å². The van der Waals surface area contributed by atoms with Gasteiger partial charge in [0, 0.05) is 30.9 Å². The Morgan fingerprint density at radius 2 is 2.14 bits per heavy atom. The minimum atomic E-state index is -0.484. The van der Waals surface area contributed by atoms with Crippen molar-refractivity contribution in [3.63, 3.8) is 0 Å². The van der Waals surface area contributed by atoms with Crippen LogP contribution in [0, 0.1) is 15.5 Å². The third-order valence-electron chi connectivity index (χ3n) is 3.80. The number of amides is 1. The third kappa shape index (κ3) is 3.93. The summed E-state index contributed by atoms with van der Waals surface area (Å²) < 4.78 is 0. The van der Waals surface area contributed by atoms with Crippen molar-refractivity contribution >= 4 is 17.3 Å².